The van der Waals surface area contributed by atoms with Crippen LogP contribution in [0.15, 0.2) is 64.2 Å². The van der Waals surface area contributed by atoms with Crippen LogP contribution in [-0.2, 0) is 10.0 Å². The van der Waals surface area contributed by atoms with Gasteiger partial charge in [-0.05, 0) is 12.1 Å². The first-order valence-corrected chi connectivity index (χ1v) is 7.60. The van der Waals surface area contributed by atoms with Gasteiger partial charge in [0.25, 0.3) is 6.02 Å². The topological polar surface area (TPSA) is 76.7 Å². The number of nitrogens with zero attached hydrogens (tertiary/aromatic N) is 3. The van der Waals surface area contributed by atoms with Crippen molar-refractivity contribution in [1.29, 1.82) is 0 Å². The summed E-state index contributed by atoms with van der Waals surface area (Å²) in [4.78, 5) is 1.86. The van der Waals surface area contributed by atoms with E-state index < -0.39 is 16.0 Å². The summed E-state index contributed by atoms with van der Waals surface area (Å²) in [6, 6.07) is 10.2. The highest BCUT2D eigenvalue weighted by atomic mass is 32.2. The maximum Gasteiger partial charge on any atom is 0.369 e. The molecule has 1 aromatic heterocycles. The van der Waals surface area contributed by atoms with Gasteiger partial charge in [0.1, 0.15) is 4.90 Å². The molecule has 0 radical (unpaired) electrons. The van der Waals surface area contributed by atoms with E-state index in [4.69, 9.17) is 0 Å². The fraction of sp³-hybridized carbons (Fsp3) is 0.143. The quantitative estimate of drug-likeness (QED) is 0.454. The van der Waals surface area contributed by atoms with E-state index >= 15 is 0 Å². The van der Waals surface area contributed by atoms with Gasteiger partial charge < -0.3 is 10.0 Å². The van der Waals surface area contributed by atoms with E-state index in [1.807, 2.05) is 19.0 Å². The number of hydrogen-bond acceptors (Lipinski definition) is 4. The average molecular weight is 305 g/mol. The first-order valence-electron chi connectivity index (χ1n) is 6.16. The minimum absolute atomic E-state index is 0.0103. The summed E-state index contributed by atoms with van der Waals surface area (Å²) in [6.45, 7) is 0. The summed E-state index contributed by atoms with van der Waals surface area (Å²) < 4.78 is 28.4. The highest BCUT2D eigenvalue weighted by Crippen LogP contribution is 2.10. The summed E-state index contributed by atoms with van der Waals surface area (Å²) in [7, 11) is -0.256. The molecule has 0 unspecified atom stereocenters. The Kier molecular flexibility index (Phi) is 4.23. The van der Waals surface area contributed by atoms with E-state index in [0.717, 1.165) is 10.3 Å². The van der Waals surface area contributed by atoms with Crippen LogP contribution in [0.1, 0.15) is 0 Å². The molecule has 2 rings (SSSR count). The Morgan fingerprint density at radius 2 is 1.67 bits per heavy atom. The van der Waals surface area contributed by atoms with E-state index in [2.05, 4.69) is 4.40 Å². The van der Waals surface area contributed by atoms with Crippen molar-refractivity contribution in [3.63, 3.8) is 0 Å². The van der Waals surface area contributed by atoms with Gasteiger partial charge in [-0.2, -0.15) is 8.42 Å². The van der Waals surface area contributed by atoms with Gasteiger partial charge in [-0.3, -0.25) is 0 Å². The highest BCUT2D eigenvalue weighted by Gasteiger charge is 2.19. The van der Waals surface area contributed by atoms with Gasteiger partial charge in [-0.15, -0.1) is 0 Å². The zero-order valence-electron chi connectivity index (χ0n) is 11.7. The molecule has 0 saturated heterocycles. The van der Waals surface area contributed by atoms with E-state index in [9.17, 15) is 13.5 Å². The van der Waals surface area contributed by atoms with Gasteiger partial charge >= 0.3 is 10.0 Å². The Morgan fingerprint density at radius 1 is 1.10 bits per heavy atom. The lowest BCUT2D eigenvalue weighted by Gasteiger charge is -2.12. The summed E-state index contributed by atoms with van der Waals surface area (Å²) in [5.74, 6) is 0. The molecule has 1 aromatic carbocycles. The first-order chi connectivity index (χ1) is 9.90. The van der Waals surface area contributed by atoms with Gasteiger partial charge in [-0.1, -0.05) is 18.2 Å². The molecule has 2 aromatic rings. The van der Waals surface area contributed by atoms with Crippen molar-refractivity contribution in [2.45, 2.75) is 4.90 Å². The lowest BCUT2D eigenvalue weighted by atomic mass is 10.4. The molecule has 0 N–H and O–H groups in total. The lowest BCUT2D eigenvalue weighted by Crippen LogP contribution is -2.50. The average Bonchev–Trinajstić information content (AvgIpc) is 2.48. The van der Waals surface area contributed by atoms with Crippen molar-refractivity contribution in [2.75, 3.05) is 19.0 Å². The van der Waals surface area contributed by atoms with Crippen LogP contribution in [0.4, 0.5) is 5.69 Å². The van der Waals surface area contributed by atoms with Gasteiger partial charge in [0.05, 0.1) is 12.4 Å². The molecule has 1 heterocycles. The van der Waals surface area contributed by atoms with Gasteiger partial charge in [0.2, 0.25) is 0 Å². The van der Waals surface area contributed by atoms with E-state index in [0.29, 0.717) is 0 Å². The van der Waals surface area contributed by atoms with Crippen LogP contribution in [0.5, 0.6) is 0 Å². The van der Waals surface area contributed by atoms with Crippen molar-refractivity contribution in [3.8, 4) is 0 Å². The van der Waals surface area contributed by atoms with Gasteiger partial charge in [0.15, 0.2) is 0 Å². The molecule has 0 atom stereocenters. The molecule has 7 heteroatoms. The molecule has 0 aliphatic heterocycles. The SMILES string of the molecule is CN(C)c1cc[n+](/C([O-])=N/S(=O)(=O)c2ccccc2)cc1. The molecule has 21 heavy (non-hydrogen) atoms. The Balaban J connectivity index is 2.32. The van der Waals surface area contributed by atoms with Crippen molar-refractivity contribution in [3.05, 3.63) is 54.9 Å². The third kappa shape index (κ3) is 3.57. The predicted octanol–water partition coefficient (Wildman–Crippen LogP) is -0.00660. The van der Waals surface area contributed by atoms with E-state index in [1.54, 1.807) is 30.3 Å². The zero-order valence-corrected chi connectivity index (χ0v) is 12.5. The first kappa shape index (κ1) is 15.0. The minimum Gasteiger partial charge on any atom is -0.806 e. The maximum absolute atomic E-state index is 12.0. The second-order valence-corrected chi connectivity index (χ2v) is 6.12. The second-order valence-electron chi connectivity index (χ2n) is 4.52. The smallest absolute Gasteiger partial charge is 0.369 e. The van der Waals surface area contributed by atoms with E-state index in [1.165, 1.54) is 24.5 Å². The molecule has 0 aliphatic carbocycles. The number of benzene rings is 1. The molecular formula is C14H15N3O3S. The normalized spacial score (nSPS) is 12.2. The van der Waals surface area contributed by atoms with Crippen LogP contribution >= 0.6 is 0 Å². The van der Waals surface area contributed by atoms with Crippen molar-refractivity contribution < 1.29 is 18.1 Å². The third-order valence-corrected chi connectivity index (χ3v) is 4.05. The maximum atomic E-state index is 12.0. The second kappa shape index (κ2) is 5.92. The van der Waals surface area contributed by atoms with Crippen LogP contribution in [0.3, 0.4) is 0 Å². The standard InChI is InChI=1S/C14H15N3O3S/c1-16(2)12-8-10-17(11-9-12)14(18)15-21(19,20)13-6-4-3-5-7-13/h3-11H,1-2H3. The van der Waals surface area contributed by atoms with Crippen LogP contribution in [0.25, 0.3) is 0 Å². The Hall–Kier alpha value is -2.41. The predicted molar refractivity (Wildman–Crippen MR) is 77.4 cm³/mol. The van der Waals surface area contributed by atoms with Crippen molar-refractivity contribution >= 4 is 21.7 Å². The van der Waals surface area contributed by atoms with Crippen molar-refractivity contribution in [2.24, 2.45) is 4.40 Å². The number of anilines is 1. The molecule has 0 aliphatic rings. The highest BCUT2D eigenvalue weighted by molar-refractivity contribution is 7.90. The monoisotopic (exact) mass is 305 g/mol. The minimum atomic E-state index is -3.99. The van der Waals surface area contributed by atoms with Gasteiger partial charge in [0, 0.05) is 36.3 Å². The number of rotatable bonds is 3. The summed E-state index contributed by atoms with van der Waals surface area (Å²) in [5.41, 5.74) is 0.893. The van der Waals surface area contributed by atoms with Crippen LogP contribution in [0, 0.1) is 0 Å². The zero-order chi connectivity index (χ0) is 15.5. The van der Waals surface area contributed by atoms with E-state index in [-0.39, 0.29) is 4.90 Å². The largest absolute Gasteiger partial charge is 0.806 e. The van der Waals surface area contributed by atoms with Crippen LogP contribution in [0.2, 0.25) is 0 Å². The fourth-order valence-corrected chi connectivity index (χ4v) is 2.55. The third-order valence-electron chi connectivity index (χ3n) is 2.79. The summed E-state index contributed by atoms with van der Waals surface area (Å²) in [5, 5.41) is 11.9. The molecular weight excluding hydrogens is 290 g/mol. The Bertz CT molecular complexity index is 739. The molecule has 0 bridgehead atoms. The summed E-state index contributed by atoms with van der Waals surface area (Å²) >= 11 is 0. The summed E-state index contributed by atoms with van der Waals surface area (Å²) in [6.07, 6.45) is 2.95. The molecule has 0 saturated carbocycles. The number of pyridine rings is 1. The molecule has 0 amide bonds. The van der Waals surface area contributed by atoms with Crippen LogP contribution in [-0.4, -0.2) is 28.5 Å². The Morgan fingerprint density at radius 3 is 2.19 bits per heavy atom. The van der Waals surface area contributed by atoms with Gasteiger partial charge in [-0.25, -0.2) is 4.57 Å². The molecule has 110 valence electrons. The van der Waals surface area contributed by atoms with Crippen molar-refractivity contribution in [1.82, 2.24) is 0 Å². The number of aromatic nitrogens is 1. The fourth-order valence-electron chi connectivity index (χ4n) is 1.64. The lowest BCUT2D eigenvalue weighted by molar-refractivity contribution is -0.613. The molecule has 6 nitrogen and oxygen atoms in total. The van der Waals surface area contributed by atoms with Crippen LogP contribution < -0.4 is 14.6 Å². The molecule has 0 fully saturated rings. The number of sulfonamides is 1. The molecule has 0 spiro atoms. The Labute approximate surface area is 123 Å². The number of hydrogen-bond donors (Lipinski definition) is 0.